The van der Waals surface area contributed by atoms with Gasteiger partial charge in [0.2, 0.25) is 0 Å². The number of anilines is 1. The van der Waals surface area contributed by atoms with Gasteiger partial charge in [0, 0.05) is 5.69 Å². The molecule has 3 aliphatic rings. The normalized spacial score (nSPS) is 20.7. The zero-order valence-corrected chi connectivity index (χ0v) is 16.1. The molecule has 2 amide bonds. The lowest BCUT2D eigenvalue weighted by Gasteiger charge is -2.24. The number of likely N-dealkylation sites (tertiary alicyclic amines) is 1. The van der Waals surface area contributed by atoms with Crippen LogP contribution in [0.15, 0.2) is 6.07 Å². The molecule has 142 valence electrons. The van der Waals surface area contributed by atoms with E-state index in [0.29, 0.717) is 0 Å². The summed E-state index contributed by atoms with van der Waals surface area (Å²) in [7, 11) is -3.73. The Balaban J connectivity index is 1.52. The molecule has 7 heteroatoms. The van der Waals surface area contributed by atoms with Gasteiger partial charge in [-0.1, -0.05) is 6.07 Å². The van der Waals surface area contributed by atoms with Crippen molar-refractivity contribution in [2.75, 3.05) is 18.4 Å². The van der Waals surface area contributed by atoms with Crippen molar-refractivity contribution >= 4 is 21.7 Å². The highest BCUT2D eigenvalue weighted by Crippen LogP contribution is 2.38. The number of carbonyl (C=O) groups excluding carboxylic acids is 1. The number of rotatable bonds is 4. The van der Waals surface area contributed by atoms with E-state index in [2.05, 4.69) is 16.1 Å². The number of nitrogens with one attached hydrogen (secondary N) is 2. The van der Waals surface area contributed by atoms with Crippen LogP contribution >= 0.6 is 0 Å². The average molecular weight is 378 g/mol. The molecule has 0 aromatic heterocycles. The van der Waals surface area contributed by atoms with Gasteiger partial charge in [0.1, 0.15) is 5.37 Å². The summed E-state index contributed by atoms with van der Waals surface area (Å²) in [5.41, 5.74) is 5.90. The fraction of sp³-hybridized carbons (Fsp3) is 0.632. The average Bonchev–Trinajstić information content (AvgIpc) is 3.34. The number of aryl methyl sites for hydroxylation is 2. The van der Waals surface area contributed by atoms with Crippen LogP contribution in [0.4, 0.5) is 10.5 Å². The Labute approximate surface area is 155 Å². The largest absolute Gasteiger partial charge is 0.332 e. The Hall–Kier alpha value is -1.60. The van der Waals surface area contributed by atoms with E-state index < -0.39 is 21.4 Å². The minimum absolute atomic E-state index is 0.634. The molecule has 1 aromatic carbocycles. The maximum absolute atomic E-state index is 12.6. The highest BCUT2D eigenvalue weighted by atomic mass is 32.2. The second-order valence-electron chi connectivity index (χ2n) is 7.68. The molecule has 26 heavy (non-hydrogen) atoms. The van der Waals surface area contributed by atoms with Crippen molar-refractivity contribution in [3.05, 3.63) is 28.3 Å². The summed E-state index contributed by atoms with van der Waals surface area (Å²) >= 11 is 0. The molecule has 1 atom stereocenters. The summed E-state index contributed by atoms with van der Waals surface area (Å²) < 4.78 is 27.4. The maximum Gasteiger partial charge on any atom is 0.332 e. The fourth-order valence-electron chi connectivity index (χ4n) is 4.62. The predicted molar refractivity (Wildman–Crippen MR) is 102 cm³/mol. The van der Waals surface area contributed by atoms with Crippen LogP contribution in [0.1, 0.15) is 54.9 Å². The molecule has 6 nitrogen and oxygen atoms in total. The SMILES string of the molecule is CC(N1CCCC1)S(=O)(=O)NC(=O)Nc1c2c(cc3c1CCC3)CCC2. The van der Waals surface area contributed by atoms with Crippen LogP contribution in [0.2, 0.25) is 0 Å². The highest BCUT2D eigenvalue weighted by molar-refractivity contribution is 7.90. The van der Waals surface area contributed by atoms with Gasteiger partial charge in [0.15, 0.2) is 0 Å². The van der Waals surface area contributed by atoms with Crippen molar-refractivity contribution in [3.8, 4) is 0 Å². The third-order valence-corrected chi connectivity index (χ3v) is 7.72. The molecule has 2 aliphatic carbocycles. The van der Waals surface area contributed by atoms with Gasteiger partial charge < -0.3 is 5.32 Å². The number of amides is 2. The summed E-state index contributed by atoms with van der Waals surface area (Å²) in [6, 6.07) is 1.66. The first kappa shape index (κ1) is 17.8. The second-order valence-corrected chi connectivity index (χ2v) is 9.65. The third kappa shape index (κ3) is 3.22. The molecular weight excluding hydrogens is 350 g/mol. The van der Waals surface area contributed by atoms with Gasteiger partial charge in [-0.3, -0.25) is 4.90 Å². The quantitative estimate of drug-likeness (QED) is 0.845. The van der Waals surface area contributed by atoms with Crippen molar-refractivity contribution in [1.82, 2.24) is 9.62 Å². The van der Waals surface area contributed by atoms with Gasteiger partial charge in [0.05, 0.1) is 0 Å². The van der Waals surface area contributed by atoms with Crippen molar-refractivity contribution in [2.45, 2.75) is 63.7 Å². The van der Waals surface area contributed by atoms with Crippen molar-refractivity contribution in [3.63, 3.8) is 0 Å². The van der Waals surface area contributed by atoms with Gasteiger partial charge in [-0.2, -0.15) is 0 Å². The number of fused-ring (bicyclic) bond motifs is 2. The Morgan fingerprint density at radius 2 is 1.58 bits per heavy atom. The van der Waals surface area contributed by atoms with E-state index in [-0.39, 0.29) is 0 Å². The zero-order valence-electron chi connectivity index (χ0n) is 15.3. The lowest BCUT2D eigenvalue weighted by atomic mass is 9.99. The smallest absolute Gasteiger partial charge is 0.307 e. The van der Waals surface area contributed by atoms with Crippen LogP contribution in [0.25, 0.3) is 0 Å². The van der Waals surface area contributed by atoms with Crippen molar-refractivity contribution < 1.29 is 13.2 Å². The first-order valence-corrected chi connectivity index (χ1v) is 11.2. The number of hydrogen-bond acceptors (Lipinski definition) is 4. The van der Waals surface area contributed by atoms with Gasteiger partial charge in [-0.25, -0.2) is 17.9 Å². The van der Waals surface area contributed by atoms with Gasteiger partial charge >= 0.3 is 6.03 Å². The highest BCUT2D eigenvalue weighted by Gasteiger charge is 2.31. The summed E-state index contributed by atoms with van der Waals surface area (Å²) in [6.07, 6.45) is 8.21. The molecule has 1 aliphatic heterocycles. The topological polar surface area (TPSA) is 78.5 Å². The Bertz CT molecular complexity index is 797. The Morgan fingerprint density at radius 3 is 2.15 bits per heavy atom. The predicted octanol–water partition coefficient (Wildman–Crippen LogP) is 2.56. The lowest BCUT2D eigenvalue weighted by Crippen LogP contribution is -2.46. The van der Waals surface area contributed by atoms with Gasteiger partial charge in [0.25, 0.3) is 10.0 Å². The molecule has 0 spiro atoms. The van der Waals surface area contributed by atoms with E-state index >= 15 is 0 Å². The molecule has 1 unspecified atom stereocenters. The molecule has 0 bridgehead atoms. The van der Waals surface area contributed by atoms with Gasteiger partial charge in [-0.05, 0) is 93.6 Å². The van der Waals surface area contributed by atoms with E-state index in [1.165, 1.54) is 22.3 Å². The number of urea groups is 1. The van der Waals surface area contributed by atoms with Crippen LogP contribution in [0.3, 0.4) is 0 Å². The molecule has 0 radical (unpaired) electrons. The zero-order chi connectivity index (χ0) is 18.3. The lowest BCUT2D eigenvalue weighted by molar-refractivity contribution is 0.255. The molecule has 2 N–H and O–H groups in total. The first-order valence-electron chi connectivity index (χ1n) is 9.69. The Kier molecular flexibility index (Phi) is 4.69. The number of benzene rings is 1. The first-order chi connectivity index (χ1) is 12.5. The Morgan fingerprint density at radius 1 is 1.00 bits per heavy atom. The number of hydrogen-bond donors (Lipinski definition) is 2. The summed E-state index contributed by atoms with van der Waals surface area (Å²) in [4.78, 5) is 14.4. The standard InChI is InChI=1S/C19H27N3O3S/c1-13(22-10-2-3-11-22)26(24,25)21-19(23)20-18-16-8-4-6-14(16)12-15-7-5-9-17(15)18/h12-13H,2-11H2,1H3,(H2,20,21,23). The third-order valence-electron chi connectivity index (χ3n) is 6.05. The van der Waals surface area contributed by atoms with E-state index in [1.54, 1.807) is 6.92 Å². The molecule has 1 saturated heterocycles. The van der Waals surface area contributed by atoms with Crippen molar-refractivity contribution in [2.24, 2.45) is 0 Å². The monoisotopic (exact) mass is 377 g/mol. The minimum Gasteiger partial charge on any atom is -0.307 e. The van der Waals surface area contributed by atoms with E-state index in [1.807, 2.05) is 4.90 Å². The number of nitrogens with zero attached hydrogens (tertiary/aromatic N) is 1. The van der Waals surface area contributed by atoms with E-state index in [0.717, 1.165) is 70.1 Å². The van der Waals surface area contributed by atoms with E-state index in [9.17, 15) is 13.2 Å². The van der Waals surface area contributed by atoms with Crippen LogP contribution in [0, 0.1) is 0 Å². The van der Waals surface area contributed by atoms with Crippen molar-refractivity contribution in [1.29, 1.82) is 0 Å². The summed E-state index contributed by atoms with van der Waals surface area (Å²) in [6.45, 7) is 3.19. The maximum atomic E-state index is 12.6. The van der Waals surface area contributed by atoms with E-state index in [4.69, 9.17) is 0 Å². The number of carbonyl (C=O) groups is 1. The molecule has 4 rings (SSSR count). The summed E-state index contributed by atoms with van der Waals surface area (Å²) in [5.74, 6) is 0. The molecule has 1 aromatic rings. The second kappa shape index (κ2) is 6.85. The van der Waals surface area contributed by atoms with Crippen LogP contribution in [-0.2, 0) is 35.7 Å². The van der Waals surface area contributed by atoms with Crippen LogP contribution in [0.5, 0.6) is 0 Å². The minimum atomic E-state index is -3.73. The summed E-state index contributed by atoms with van der Waals surface area (Å²) in [5, 5.41) is 2.20. The van der Waals surface area contributed by atoms with Gasteiger partial charge in [-0.15, -0.1) is 0 Å². The molecular formula is C19H27N3O3S. The molecule has 1 heterocycles. The fourth-order valence-corrected chi connectivity index (χ4v) is 5.71. The van der Waals surface area contributed by atoms with Crippen LogP contribution in [-0.4, -0.2) is 37.8 Å². The molecule has 1 fully saturated rings. The van der Waals surface area contributed by atoms with Crippen LogP contribution < -0.4 is 10.0 Å². The molecule has 0 saturated carbocycles. The number of sulfonamides is 1.